The first kappa shape index (κ1) is 23.2. The first-order valence-corrected chi connectivity index (χ1v) is 14.0. The van der Waals surface area contributed by atoms with Crippen molar-refractivity contribution in [2.45, 2.75) is 62.7 Å². The third-order valence-corrected chi connectivity index (χ3v) is 9.04. The number of ether oxygens (including phenoxy) is 1. The summed E-state index contributed by atoms with van der Waals surface area (Å²) < 4.78 is 22.7. The van der Waals surface area contributed by atoms with Gasteiger partial charge >= 0.3 is 0 Å². The predicted octanol–water partition coefficient (Wildman–Crippen LogP) is 5.36. The van der Waals surface area contributed by atoms with Crippen molar-refractivity contribution < 1.29 is 9.13 Å². The largest absolute Gasteiger partial charge is 0.372 e. The maximum atomic E-state index is 14.6. The van der Waals surface area contributed by atoms with Gasteiger partial charge in [0.05, 0.1) is 24.0 Å². The Balaban J connectivity index is 1.19. The average molecular weight is 524 g/mol. The van der Waals surface area contributed by atoms with Crippen LogP contribution in [0.3, 0.4) is 0 Å². The Hall–Kier alpha value is -3.69. The number of morpholine rings is 1. The molecule has 0 amide bonds. The van der Waals surface area contributed by atoms with Crippen LogP contribution in [0.25, 0.3) is 38.9 Å². The number of aromatic amines is 1. The smallest absolute Gasteiger partial charge is 0.163 e. The molecular formula is C30H30FN7O. The van der Waals surface area contributed by atoms with Crippen LogP contribution in [-0.4, -0.2) is 66.0 Å². The van der Waals surface area contributed by atoms with Crippen molar-refractivity contribution >= 4 is 16.6 Å². The lowest BCUT2D eigenvalue weighted by atomic mass is 9.83. The summed E-state index contributed by atoms with van der Waals surface area (Å²) in [5, 5.41) is 12.8. The molecule has 39 heavy (non-hydrogen) atoms. The maximum absolute atomic E-state index is 14.6. The van der Waals surface area contributed by atoms with Crippen LogP contribution in [0.15, 0.2) is 55.1 Å². The molecule has 198 valence electrons. The third kappa shape index (κ3) is 3.86. The van der Waals surface area contributed by atoms with Gasteiger partial charge in [-0.05, 0) is 68.4 Å². The summed E-state index contributed by atoms with van der Waals surface area (Å²) in [5.74, 6) is 0.0802. The van der Waals surface area contributed by atoms with Gasteiger partial charge in [0.1, 0.15) is 17.0 Å². The van der Waals surface area contributed by atoms with Crippen LogP contribution in [0.1, 0.15) is 50.1 Å². The summed E-state index contributed by atoms with van der Waals surface area (Å²) in [5.41, 5.74) is 5.85. The Morgan fingerprint density at radius 2 is 1.69 bits per heavy atom. The van der Waals surface area contributed by atoms with E-state index in [0.717, 1.165) is 54.0 Å². The Morgan fingerprint density at radius 1 is 0.897 bits per heavy atom. The molecule has 4 aromatic heterocycles. The second-order valence-electron chi connectivity index (χ2n) is 11.2. The molecule has 9 heteroatoms. The van der Waals surface area contributed by atoms with E-state index in [1.54, 1.807) is 18.6 Å². The van der Waals surface area contributed by atoms with E-state index in [2.05, 4.69) is 26.1 Å². The van der Waals surface area contributed by atoms with Crippen LogP contribution in [0.5, 0.6) is 0 Å². The van der Waals surface area contributed by atoms with Crippen molar-refractivity contribution in [3.8, 4) is 22.4 Å². The van der Waals surface area contributed by atoms with E-state index in [0.29, 0.717) is 35.1 Å². The first-order valence-electron chi connectivity index (χ1n) is 14.0. The van der Waals surface area contributed by atoms with Gasteiger partial charge in [0.25, 0.3) is 0 Å². The summed E-state index contributed by atoms with van der Waals surface area (Å²) in [6.07, 6.45) is 15.0. The number of hydrogen-bond acceptors (Lipinski definition) is 6. The lowest BCUT2D eigenvalue weighted by molar-refractivity contribution is -0.0579. The summed E-state index contributed by atoms with van der Waals surface area (Å²) in [4.78, 5) is 11.7. The van der Waals surface area contributed by atoms with E-state index in [1.165, 1.54) is 37.4 Å². The zero-order valence-electron chi connectivity index (χ0n) is 21.6. The third-order valence-electron chi connectivity index (χ3n) is 9.04. The van der Waals surface area contributed by atoms with Crippen LogP contribution < -0.4 is 0 Å². The maximum Gasteiger partial charge on any atom is 0.163 e. The van der Waals surface area contributed by atoms with Gasteiger partial charge in [0, 0.05) is 60.3 Å². The molecule has 3 aliphatic rings. The molecule has 1 aromatic carbocycles. The van der Waals surface area contributed by atoms with Gasteiger partial charge in [-0.1, -0.05) is 6.07 Å². The highest BCUT2D eigenvalue weighted by molar-refractivity contribution is 6.02. The van der Waals surface area contributed by atoms with E-state index in [4.69, 9.17) is 14.8 Å². The Bertz CT molecular complexity index is 1640. The first-order chi connectivity index (χ1) is 19.2. The molecule has 2 aliphatic heterocycles. The molecule has 8 rings (SSSR count). The molecule has 2 atom stereocenters. The van der Waals surface area contributed by atoms with E-state index in [1.807, 2.05) is 28.9 Å². The SMILES string of the molecule is Fc1ccc(-c2c(-c3ccncc3)nn3c(C4CCC(N5CC6CCC(C5)O6)CC4)ccnc23)c2cn[nH]c12. The zero-order chi connectivity index (χ0) is 25.9. The van der Waals surface area contributed by atoms with Crippen LogP contribution in [0, 0.1) is 5.82 Å². The fraction of sp³-hybridized carbons (Fsp3) is 0.400. The minimum Gasteiger partial charge on any atom is -0.372 e. The van der Waals surface area contributed by atoms with Gasteiger partial charge in [-0.2, -0.15) is 10.2 Å². The number of H-pyrrole nitrogens is 1. The predicted molar refractivity (Wildman–Crippen MR) is 146 cm³/mol. The number of fused-ring (bicyclic) bond motifs is 4. The number of halogens is 1. The van der Waals surface area contributed by atoms with Crippen LogP contribution in [0.4, 0.5) is 4.39 Å². The van der Waals surface area contributed by atoms with Crippen molar-refractivity contribution in [1.29, 1.82) is 0 Å². The molecule has 0 spiro atoms. The van der Waals surface area contributed by atoms with E-state index in [9.17, 15) is 4.39 Å². The Labute approximate surface area is 225 Å². The lowest BCUT2D eigenvalue weighted by Gasteiger charge is -2.41. The van der Waals surface area contributed by atoms with Crippen LogP contribution in [-0.2, 0) is 4.74 Å². The monoisotopic (exact) mass is 523 g/mol. The number of nitrogens with one attached hydrogen (secondary N) is 1. The minimum atomic E-state index is -0.327. The molecule has 1 saturated carbocycles. The van der Waals surface area contributed by atoms with Gasteiger partial charge in [-0.15, -0.1) is 0 Å². The summed E-state index contributed by atoms with van der Waals surface area (Å²) in [6, 6.07) is 9.98. The summed E-state index contributed by atoms with van der Waals surface area (Å²) >= 11 is 0. The standard InChI is InChI=1S/C30H30FN7O/c31-25-8-7-23(24-15-34-35-29(24)25)27-28(19-9-12-32-13-10-19)36-38-26(11-14-33-30(27)38)18-1-3-20(4-2-18)37-16-21-5-6-22(17-37)39-21/h7-15,18,20-22H,1-6,16-17H2,(H,34,35). The molecule has 5 aromatic rings. The molecule has 2 unspecified atom stereocenters. The van der Waals surface area contributed by atoms with E-state index >= 15 is 0 Å². The Kier molecular flexibility index (Phi) is 5.48. The van der Waals surface area contributed by atoms with Crippen molar-refractivity contribution in [2.75, 3.05) is 13.1 Å². The highest BCUT2D eigenvalue weighted by Crippen LogP contribution is 2.41. The van der Waals surface area contributed by atoms with E-state index in [-0.39, 0.29) is 5.82 Å². The van der Waals surface area contributed by atoms with Crippen molar-refractivity contribution in [3.05, 3.63) is 66.6 Å². The second-order valence-corrected chi connectivity index (χ2v) is 11.2. The van der Waals surface area contributed by atoms with Gasteiger partial charge in [-0.25, -0.2) is 13.9 Å². The Morgan fingerprint density at radius 3 is 2.49 bits per heavy atom. The fourth-order valence-electron chi connectivity index (χ4n) is 7.13. The lowest BCUT2D eigenvalue weighted by Crippen LogP contribution is -2.48. The van der Waals surface area contributed by atoms with Crippen LogP contribution >= 0.6 is 0 Å². The molecule has 0 radical (unpaired) electrons. The topological polar surface area (TPSA) is 84.2 Å². The molecule has 2 saturated heterocycles. The minimum absolute atomic E-state index is 0.327. The van der Waals surface area contributed by atoms with E-state index < -0.39 is 0 Å². The molecule has 1 aliphatic carbocycles. The number of hydrogen-bond donors (Lipinski definition) is 1. The summed E-state index contributed by atoms with van der Waals surface area (Å²) in [6.45, 7) is 2.17. The van der Waals surface area contributed by atoms with Crippen molar-refractivity contribution in [3.63, 3.8) is 0 Å². The van der Waals surface area contributed by atoms with Crippen molar-refractivity contribution in [1.82, 2.24) is 34.7 Å². The highest BCUT2D eigenvalue weighted by atomic mass is 19.1. The number of rotatable bonds is 4. The molecule has 3 fully saturated rings. The van der Waals surface area contributed by atoms with Crippen LogP contribution in [0.2, 0.25) is 0 Å². The molecule has 6 heterocycles. The zero-order valence-corrected chi connectivity index (χ0v) is 21.6. The normalized spacial score (nSPS) is 25.6. The number of likely N-dealkylation sites (tertiary alicyclic amines) is 1. The number of benzene rings is 1. The second kappa shape index (κ2) is 9.20. The fourth-order valence-corrected chi connectivity index (χ4v) is 7.13. The van der Waals surface area contributed by atoms with Gasteiger partial charge in [0.15, 0.2) is 5.65 Å². The number of nitrogens with zero attached hydrogens (tertiary/aromatic N) is 6. The van der Waals surface area contributed by atoms with Gasteiger partial charge in [0.2, 0.25) is 0 Å². The highest BCUT2D eigenvalue weighted by Gasteiger charge is 2.38. The summed E-state index contributed by atoms with van der Waals surface area (Å²) in [7, 11) is 0. The van der Waals surface area contributed by atoms with Crippen molar-refractivity contribution in [2.24, 2.45) is 0 Å². The average Bonchev–Trinajstić information content (AvgIpc) is 3.71. The molecular weight excluding hydrogens is 493 g/mol. The molecule has 1 N–H and O–H groups in total. The number of pyridine rings is 1. The van der Waals surface area contributed by atoms with Gasteiger partial charge < -0.3 is 4.74 Å². The van der Waals surface area contributed by atoms with Gasteiger partial charge in [-0.3, -0.25) is 15.0 Å². The number of aromatic nitrogens is 6. The quantitative estimate of drug-likeness (QED) is 0.341. The molecule has 8 nitrogen and oxygen atoms in total. The molecule has 2 bridgehead atoms.